The van der Waals surface area contributed by atoms with Crippen LogP contribution in [0.2, 0.25) is 5.02 Å². The first-order valence-electron chi connectivity index (χ1n) is 9.77. The fourth-order valence-electron chi connectivity index (χ4n) is 3.10. The highest BCUT2D eigenvalue weighted by Crippen LogP contribution is 2.25. The average Bonchev–Trinajstić information content (AvgIpc) is 3.25. The Balaban J connectivity index is 1.61. The second-order valence-corrected chi connectivity index (χ2v) is 7.11. The van der Waals surface area contributed by atoms with Crippen LogP contribution >= 0.6 is 11.6 Å². The zero-order valence-electron chi connectivity index (χ0n) is 16.8. The summed E-state index contributed by atoms with van der Waals surface area (Å²) in [6.45, 7) is 2.90. The molecule has 0 atom stereocenters. The topological polar surface area (TPSA) is 81.9 Å². The monoisotopic (exact) mass is 433 g/mol. The standard InChI is InChI=1S/C23H20ClN5O2/c1-2-31-20-11-5-16(6-12-20)14-26-23(30)21-22(17-4-3-13-25-15-17)29(28-27-21)19-9-7-18(24)8-10-19/h3-13,15H,2,14H2,1H3,(H,26,30). The SMILES string of the molecule is CCOc1ccc(CNC(=O)c2nnn(-c3ccc(Cl)cc3)c2-c2cccnc2)cc1. The molecule has 7 nitrogen and oxygen atoms in total. The zero-order chi connectivity index (χ0) is 21.6. The van der Waals surface area contributed by atoms with Gasteiger partial charge in [-0.15, -0.1) is 5.10 Å². The lowest BCUT2D eigenvalue weighted by Crippen LogP contribution is -2.24. The van der Waals surface area contributed by atoms with Gasteiger partial charge < -0.3 is 10.1 Å². The van der Waals surface area contributed by atoms with E-state index in [0.29, 0.717) is 23.9 Å². The van der Waals surface area contributed by atoms with E-state index in [-0.39, 0.29) is 11.6 Å². The second-order valence-electron chi connectivity index (χ2n) is 6.68. The number of carbonyl (C=O) groups excluding carboxylic acids is 1. The summed E-state index contributed by atoms with van der Waals surface area (Å²) in [6.07, 6.45) is 3.35. The number of halogens is 1. The van der Waals surface area contributed by atoms with E-state index in [1.807, 2.05) is 49.4 Å². The van der Waals surface area contributed by atoms with E-state index in [1.54, 1.807) is 35.3 Å². The highest BCUT2D eigenvalue weighted by atomic mass is 35.5. The van der Waals surface area contributed by atoms with Crippen molar-refractivity contribution in [2.24, 2.45) is 0 Å². The summed E-state index contributed by atoms with van der Waals surface area (Å²) in [5.74, 6) is 0.468. The molecular weight excluding hydrogens is 414 g/mol. The maximum Gasteiger partial charge on any atom is 0.274 e. The molecule has 2 heterocycles. The minimum atomic E-state index is -0.326. The van der Waals surface area contributed by atoms with Gasteiger partial charge in [0.2, 0.25) is 0 Å². The third-order valence-corrected chi connectivity index (χ3v) is 4.83. The summed E-state index contributed by atoms with van der Waals surface area (Å²) in [7, 11) is 0. The smallest absolute Gasteiger partial charge is 0.274 e. The molecule has 156 valence electrons. The van der Waals surface area contributed by atoms with Crippen molar-refractivity contribution in [2.75, 3.05) is 6.61 Å². The molecule has 4 rings (SSSR count). The Hall–Kier alpha value is -3.71. The number of pyridine rings is 1. The van der Waals surface area contributed by atoms with E-state index in [4.69, 9.17) is 16.3 Å². The number of nitrogens with one attached hydrogen (secondary N) is 1. The lowest BCUT2D eigenvalue weighted by atomic mass is 10.1. The Kier molecular flexibility index (Phi) is 6.24. The molecule has 0 saturated heterocycles. The predicted molar refractivity (Wildman–Crippen MR) is 118 cm³/mol. The van der Waals surface area contributed by atoms with Gasteiger partial charge in [-0.05, 0) is 61.0 Å². The molecule has 2 aromatic heterocycles. The Morgan fingerprint density at radius 3 is 2.55 bits per heavy atom. The van der Waals surface area contributed by atoms with E-state index >= 15 is 0 Å². The molecule has 0 aliphatic rings. The summed E-state index contributed by atoms with van der Waals surface area (Å²) < 4.78 is 7.06. The van der Waals surface area contributed by atoms with Crippen molar-refractivity contribution in [2.45, 2.75) is 13.5 Å². The van der Waals surface area contributed by atoms with Crippen LogP contribution in [0.4, 0.5) is 0 Å². The van der Waals surface area contributed by atoms with Gasteiger partial charge in [-0.3, -0.25) is 9.78 Å². The van der Waals surface area contributed by atoms with Gasteiger partial charge in [0, 0.05) is 29.5 Å². The number of amides is 1. The third kappa shape index (κ3) is 4.73. The van der Waals surface area contributed by atoms with E-state index in [9.17, 15) is 4.79 Å². The van der Waals surface area contributed by atoms with E-state index in [1.165, 1.54) is 0 Å². The Morgan fingerprint density at radius 2 is 1.87 bits per heavy atom. The van der Waals surface area contributed by atoms with E-state index in [0.717, 1.165) is 22.6 Å². The molecule has 2 aromatic carbocycles. The van der Waals surface area contributed by atoms with Crippen molar-refractivity contribution in [3.05, 3.63) is 89.3 Å². The summed E-state index contributed by atoms with van der Waals surface area (Å²) >= 11 is 6.01. The van der Waals surface area contributed by atoms with Crippen LogP contribution < -0.4 is 10.1 Å². The first kappa shape index (κ1) is 20.6. The number of rotatable bonds is 7. The van der Waals surface area contributed by atoms with Gasteiger partial charge in [0.15, 0.2) is 5.69 Å². The predicted octanol–water partition coefficient (Wildman–Crippen LogP) is 4.31. The number of ether oxygens (including phenoxy) is 1. The van der Waals surface area contributed by atoms with Crippen LogP contribution in [0.15, 0.2) is 73.1 Å². The number of nitrogens with zero attached hydrogens (tertiary/aromatic N) is 4. The van der Waals surface area contributed by atoms with Crippen LogP contribution in [0.3, 0.4) is 0 Å². The van der Waals surface area contributed by atoms with Crippen LogP contribution in [0, 0.1) is 0 Å². The number of aromatic nitrogens is 4. The average molecular weight is 434 g/mol. The quantitative estimate of drug-likeness (QED) is 0.469. The zero-order valence-corrected chi connectivity index (χ0v) is 17.6. The molecule has 0 unspecified atom stereocenters. The van der Waals surface area contributed by atoms with Gasteiger partial charge in [0.1, 0.15) is 11.4 Å². The lowest BCUT2D eigenvalue weighted by molar-refractivity contribution is 0.0946. The normalized spacial score (nSPS) is 10.6. The molecule has 0 aliphatic heterocycles. The fourth-order valence-corrected chi connectivity index (χ4v) is 3.22. The van der Waals surface area contributed by atoms with Crippen molar-refractivity contribution >= 4 is 17.5 Å². The lowest BCUT2D eigenvalue weighted by Gasteiger charge is -2.09. The molecule has 0 radical (unpaired) electrons. The van der Waals surface area contributed by atoms with Crippen molar-refractivity contribution in [1.82, 2.24) is 25.3 Å². The summed E-state index contributed by atoms with van der Waals surface area (Å²) in [5, 5.41) is 11.9. The highest BCUT2D eigenvalue weighted by molar-refractivity contribution is 6.30. The van der Waals surface area contributed by atoms with Crippen molar-refractivity contribution < 1.29 is 9.53 Å². The van der Waals surface area contributed by atoms with Crippen LogP contribution in [-0.4, -0.2) is 32.5 Å². The number of benzene rings is 2. The number of carbonyl (C=O) groups is 1. The second kappa shape index (κ2) is 9.40. The molecule has 0 aliphatic carbocycles. The highest BCUT2D eigenvalue weighted by Gasteiger charge is 2.22. The molecule has 8 heteroatoms. The summed E-state index contributed by atoms with van der Waals surface area (Å²) in [4.78, 5) is 17.2. The maximum atomic E-state index is 13.0. The maximum absolute atomic E-state index is 13.0. The van der Waals surface area contributed by atoms with Gasteiger partial charge >= 0.3 is 0 Å². The molecular formula is C23H20ClN5O2. The Labute approximate surface area is 184 Å². The molecule has 31 heavy (non-hydrogen) atoms. The van der Waals surface area contributed by atoms with Gasteiger partial charge in [-0.25, -0.2) is 4.68 Å². The van der Waals surface area contributed by atoms with Crippen LogP contribution in [-0.2, 0) is 6.54 Å². The van der Waals surface area contributed by atoms with Gasteiger partial charge in [-0.2, -0.15) is 0 Å². The van der Waals surface area contributed by atoms with Gasteiger partial charge in [0.05, 0.1) is 12.3 Å². The van der Waals surface area contributed by atoms with E-state index < -0.39 is 0 Å². The first-order valence-corrected chi connectivity index (χ1v) is 10.2. The van der Waals surface area contributed by atoms with Gasteiger partial charge in [0.25, 0.3) is 5.91 Å². The van der Waals surface area contributed by atoms with Gasteiger partial charge in [-0.1, -0.05) is 28.9 Å². The van der Waals surface area contributed by atoms with Crippen molar-refractivity contribution in [3.8, 4) is 22.7 Å². The Morgan fingerprint density at radius 1 is 1.10 bits per heavy atom. The minimum absolute atomic E-state index is 0.217. The fraction of sp³-hybridized carbons (Fsp3) is 0.130. The summed E-state index contributed by atoms with van der Waals surface area (Å²) in [5.41, 5.74) is 3.19. The van der Waals surface area contributed by atoms with Crippen molar-refractivity contribution in [3.63, 3.8) is 0 Å². The molecule has 1 amide bonds. The molecule has 1 N–H and O–H groups in total. The van der Waals surface area contributed by atoms with Crippen LogP contribution in [0.5, 0.6) is 5.75 Å². The largest absolute Gasteiger partial charge is 0.494 e. The molecule has 4 aromatic rings. The molecule has 0 saturated carbocycles. The van der Waals surface area contributed by atoms with Crippen LogP contribution in [0.25, 0.3) is 16.9 Å². The molecule has 0 spiro atoms. The molecule has 0 fully saturated rings. The first-order chi connectivity index (χ1) is 15.2. The van der Waals surface area contributed by atoms with Crippen LogP contribution in [0.1, 0.15) is 23.0 Å². The van der Waals surface area contributed by atoms with Crippen molar-refractivity contribution in [1.29, 1.82) is 0 Å². The number of hydrogen-bond donors (Lipinski definition) is 1. The molecule has 0 bridgehead atoms. The van der Waals surface area contributed by atoms with E-state index in [2.05, 4.69) is 20.6 Å². The number of hydrogen-bond acceptors (Lipinski definition) is 5. The Bertz CT molecular complexity index is 1160. The minimum Gasteiger partial charge on any atom is -0.494 e. The third-order valence-electron chi connectivity index (χ3n) is 4.58. The summed E-state index contributed by atoms with van der Waals surface area (Å²) in [6, 6.07) is 18.4.